The molecular weight excluding hydrogens is 628 g/mol. The third-order valence-corrected chi connectivity index (χ3v) is 14.2. The molecule has 4 aliphatic carbocycles. The Morgan fingerprint density at radius 1 is 0.833 bits per heavy atom. The number of ether oxygens (including phenoxy) is 5. The Bertz CT molecular complexity index is 1240. The molecule has 7 rings (SSSR count). The average molecular weight is 683 g/mol. The molecule has 18 atom stereocenters. The lowest BCUT2D eigenvalue weighted by Gasteiger charge is -2.64. The molecule has 3 aliphatic heterocycles. The van der Waals surface area contributed by atoms with Gasteiger partial charge in [-0.15, -0.1) is 0 Å². The number of hydrogen-bond acceptors (Lipinski definition) is 13. The summed E-state index contributed by atoms with van der Waals surface area (Å²) in [6.45, 7) is 5.97. The van der Waals surface area contributed by atoms with Crippen LogP contribution < -0.4 is 0 Å². The molecule has 272 valence electrons. The van der Waals surface area contributed by atoms with E-state index in [1.165, 1.54) is 0 Å². The number of aliphatic hydroxyl groups is 7. The van der Waals surface area contributed by atoms with Gasteiger partial charge < -0.3 is 59.4 Å². The second-order valence-corrected chi connectivity index (χ2v) is 16.3. The van der Waals surface area contributed by atoms with Crippen molar-refractivity contribution in [3.8, 4) is 0 Å². The molecule has 0 radical (unpaired) electrons. The lowest BCUT2D eigenvalue weighted by Crippen LogP contribution is -2.64. The van der Waals surface area contributed by atoms with Crippen LogP contribution in [0.2, 0.25) is 0 Å². The van der Waals surface area contributed by atoms with Gasteiger partial charge in [-0.05, 0) is 99.4 Å². The van der Waals surface area contributed by atoms with Gasteiger partial charge in [0.1, 0.15) is 49.3 Å². The van der Waals surface area contributed by atoms with Crippen LogP contribution >= 0.6 is 0 Å². The molecule has 0 aromatic carbocycles. The number of carbonyl (C=O) groups excluding carboxylic acids is 1. The maximum atomic E-state index is 12.5. The summed E-state index contributed by atoms with van der Waals surface area (Å²) >= 11 is 0. The highest BCUT2D eigenvalue weighted by molar-refractivity contribution is 5.85. The number of esters is 1. The van der Waals surface area contributed by atoms with E-state index in [1.807, 2.05) is 0 Å². The Morgan fingerprint density at radius 2 is 1.56 bits per heavy atom. The van der Waals surface area contributed by atoms with Crippen LogP contribution in [0.25, 0.3) is 0 Å². The van der Waals surface area contributed by atoms with E-state index in [1.54, 1.807) is 13.0 Å². The molecule has 0 spiro atoms. The molecule has 2 saturated heterocycles. The van der Waals surface area contributed by atoms with E-state index in [-0.39, 0.29) is 34.7 Å². The molecule has 3 heterocycles. The summed E-state index contributed by atoms with van der Waals surface area (Å²) in [5, 5.41) is 74.7. The molecule has 4 saturated carbocycles. The highest BCUT2D eigenvalue weighted by Crippen LogP contribution is 2.70. The van der Waals surface area contributed by atoms with Crippen molar-refractivity contribution in [1.82, 2.24) is 0 Å². The van der Waals surface area contributed by atoms with E-state index in [2.05, 4.69) is 13.8 Å². The van der Waals surface area contributed by atoms with Crippen LogP contribution in [-0.4, -0.2) is 128 Å². The zero-order valence-corrected chi connectivity index (χ0v) is 28.1. The number of rotatable bonds is 6. The first-order valence-corrected chi connectivity index (χ1v) is 17.9. The summed E-state index contributed by atoms with van der Waals surface area (Å²) < 4.78 is 28.8. The molecule has 0 aromatic rings. The fourth-order valence-corrected chi connectivity index (χ4v) is 11.3. The molecule has 0 bridgehead atoms. The molecule has 48 heavy (non-hydrogen) atoms. The normalized spacial score (nSPS) is 55.3. The summed E-state index contributed by atoms with van der Waals surface area (Å²) in [5.74, 6) is 0.825. The fourth-order valence-electron chi connectivity index (χ4n) is 11.3. The minimum atomic E-state index is -1.65. The van der Waals surface area contributed by atoms with Gasteiger partial charge >= 0.3 is 5.97 Å². The predicted molar refractivity (Wildman–Crippen MR) is 166 cm³/mol. The third-order valence-electron chi connectivity index (χ3n) is 14.2. The molecule has 13 heteroatoms. The second kappa shape index (κ2) is 12.8. The van der Waals surface area contributed by atoms with Crippen molar-refractivity contribution in [2.45, 2.75) is 152 Å². The highest BCUT2D eigenvalue weighted by atomic mass is 16.7. The Labute approximate surface area is 281 Å². The van der Waals surface area contributed by atoms with Gasteiger partial charge in [0.25, 0.3) is 0 Å². The van der Waals surface area contributed by atoms with Crippen LogP contribution in [0.5, 0.6) is 0 Å². The number of cyclic esters (lactones) is 1. The van der Waals surface area contributed by atoms with Crippen LogP contribution in [0.15, 0.2) is 11.6 Å². The van der Waals surface area contributed by atoms with E-state index in [0.29, 0.717) is 18.4 Å². The second-order valence-electron chi connectivity index (χ2n) is 16.3. The standard InChI is InChI=1S/C35H54O13/c1-16-30(48-32-28(41)26(39)25(38)23(14-36)47-32)27(40)29(42)31(45-16)46-19-6-9-33(2)18(13-19)4-5-22-21(33)7-10-34(3)20(8-11-35(22,34)43)17-12-24(37)44-15-17/h12,16,18-23,25-32,36,38-43H,4-11,13-15H2,1-3H3/t16-,18-,19+,20-,21-,22+,23-,25-,26+,27-,28-,29+,30-,31+,32+,33-,34-,35-/m0/s1. The lowest BCUT2D eigenvalue weighted by atomic mass is 9.43. The first-order valence-electron chi connectivity index (χ1n) is 17.9. The largest absolute Gasteiger partial charge is 0.458 e. The first-order chi connectivity index (χ1) is 22.7. The van der Waals surface area contributed by atoms with Crippen LogP contribution in [0.3, 0.4) is 0 Å². The van der Waals surface area contributed by atoms with Crippen molar-refractivity contribution in [3.63, 3.8) is 0 Å². The summed E-state index contributed by atoms with van der Waals surface area (Å²) in [7, 11) is 0. The molecule has 0 unspecified atom stereocenters. The van der Waals surface area contributed by atoms with Gasteiger partial charge in [-0.2, -0.15) is 0 Å². The molecular formula is C35H54O13. The molecule has 13 nitrogen and oxygen atoms in total. The minimum absolute atomic E-state index is 0.0345. The monoisotopic (exact) mass is 682 g/mol. The van der Waals surface area contributed by atoms with Gasteiger partial charge in [0.05, 0.1) is 24.4 Å². The van der Waals surface area contributed by atoms with E-state index in [4.69, 9.17) is 23.7 Å². The summed E-state index contributed by atoms with van der Waals surface area (Å²) in [6, 6.07) is 0. The zero-order valence-electron chi connectivity index (χ0n) is 28.1. The van der Waals surface area contributed by atoms with Crippen LogP contribution in [0, 0.1) is 34.5 Å². The van der Waals surface area contributed by atoms with Gasteiger partial charge in [-0.25, -0.2) is 4.79 Å². The highest BCUT2D eigenvalue weighted by Gasteiger charge is 2.68. The van der Waals surface area contributed by atoms with Crippen molar-refractivity contribution in [1.29, 1.82) is 0 Å². The van der Waals surface area contributed by atoms with Crippen molar-refractivity contribution in [2.75, 3.05) is 13.2 Å². The molecule has 7 aliphatic rings. The van der Waals surface area contributed by atoms with E-state index in [0.717, 1.165) is 63.4 Å². The van der Waals surface area contributed by atoms with Crippen LogP contribution in [0.4, 0.5) is 0 Å². The average Bonchev–Trinajstić information content (AvgIpc) is 3.61. The Hall–Kier alpha value is -1.23. The summed E-state index contributed by atoms with van der Waals surface area (Å²) in [4.78, 5) is 11.9. The van der Waals surface area contributed by atoms with Crippen LogP contribution in [0.1, 0.15) is 78.6 Å². The quantitative estimate of drug-likeness (QED) is 0.149. The van der Waals surface area contributed by atoms with Gasteiger partial charge in [0.15, 0.2) is 12.6 Å². The number of fused-ring (bicyclic) bond motifs is 5. The molecule has 0 aromatic heterocycles. The van der Waals surface area contributed by atoms with Gasteiger partial charge in [-0.1, -0.05) is 13.8 Å². The van der Waals surface area contributed by atoms with Crippen molar-refractivity contribution in [2.24, 2.45) is 34.5 Å². The maximum Gasteiger partial charge on any atom is 0.331 e. The van der Waals surface area contributed by atoms with Gasteiger partial charge in [-0.3, -0.25) is 0 Å². The van der Waals surface area contributed by atoms with Crippen molar-refractivity contribution < 1.29 is 64.2 Å². The predicted octanol–water partition coefficient (Wildman–Crippen LogP) is 0.280. The maximum absolute atomic E-state index is 12.5. The minimum Gasteiger partial charge on any atom is -0.458 e. The van der Waals surface area contributed by atoms with Crippen molar-refractivity contribution in [3.05, 3.63) is 11.6 Å². The first kappa shape index (κ1) is 35.2. The van der Waals surface area contributed by atoms with Gasteiger partial charge in [0, 0.05) is 11.5 Å². The number of hydrogen-bond donors (Lipinski definition) is 7. The number of aliphatic hydroxyl groups excluding tert-OH is 6. The topological polar surface area (TPSA) is 205 Å². The SMILES string of the molecule is C[C@@H]1O[C@H](O[C@@H]2CC[C@@]3(C)[C@@H](CC[C@@H]4[C@@H]3CC[C@@]3(C)[C@H](C5=CC(=O)OC5)CC[C@]43O)C2)[C@H](O)[C@H](O)[C@H]1O[C@H]1O[C@@H](CO)[C@H](O)[C@@H](O)[C@@H]1O. The lowest BCUT2D eigenvalue weighted by molar-refractivity contribution is -0.360. The fraction of sp³-hybridized carbons (Fsp3) is 0.914. The van der Waals surface area contributed by atoms with Crippen molar-refractivity contribution >= 4 is 5.97 Å². The summed E-state index contributed by atoms with van der Waals surface area (Å²) in [6.07, 6.45) is -4.12. The zero-order chi connectivity index (χ0) is 34.3. The summed E-state index contributed by atoms with van der Waals surface area (Å²) in [5.41, 5.74) is 0.00280. The van der Waals surface area contributed by atoms with E-state index < -0.39 is 73.6 Å². The van der Waals surface area contributed by atoms with E-state index in [9.17, 15) is 40.5 Å². The van der Waals surface area contributed by atoms with Crippen LogP contribution in [-0.2, 0) is 28.5 Å². The van der Waals surface area contributed by atoms with E-state index >= 15 is 0 Å². The molecule has 7 N–H and O–H groups in total. The Morgan fingerprint density at radius 3 is 2.27 bits per heavy atom. The molecule has 6 fully saturated rings. The number of carbonyl (C=O) groups is 1. The molecule has 0 amide bonds. The Balaban J connectivity index is 0.977. The van der Waals surface area contributed by atoms with Gasteiger partial charge in [0.2, 0.25) is 0 Å². The third kappa shape index (κ3) is 5.42. The Kier molecular flexibility index (Phi) is 9.36. The smallest absolute Gasteiger partial charge is 0.331 e.